The Balaban J connectivity index is 2.72. The second-order valence-corrected chi connectivity index (χ2v) is 5.85. The highest BCUT2D eigenvalue weighted by Crippen LogP contribution is 2.32. The molecule has 98 valence electrons. The first-order valence-corrected chi connectivity index (χ1v) is 7.16. The van der Waals surface area contributed by atoms with Gasteiger partial charge in [-0.15, -0.1) is 11.6 Å². The molecule has 5 heteroatoms. The molecule has 0 bridgehead atoms. The van der Waals surface area contributed by atoms with Gasteiger partial charge in [0, 0.05) is 6.04 Å². The zero-order chi connectivity index (χ0) is 13.4. The topological polar surface area (TPSA) is 17.8 Å². The van der Waals surface area contributed by atoms with Crippen molar-refractivity contribution in [1.82, 2.24) is 9.55 Å². The average molecular weight is 306 g/mol. The van der Waals surface area contributed by atoms with Crippen molar-refractivity contribution in [1.29, 1.82) is 0 Å². The fourth-order valence-electron chi connectivity index (χ4n) is 1.99. The smallest absolute Gasteiger partial charge is 0.125 e. The standard InChI is InChI=1S/C13H15Cl3N2/c1-7(2)8(3)18-12-5-10(16)9(15)4-11(12)17-13(18)6-14/h4-5,7-8H,6H2,1-3H3. The molecule has 0 saturated carbocycles. The SMILES string of the molecule is CC(C)C(C)n1c(CCl)nc2cc(Cl)c(Cl)cc21. The summed E-state index contributed by atoms with van der Waals surface area (Å²) in [4.78, 5) is 4.52. The number of rotatable bonds is 3. The number of imidazole rings is 1. The van der Waals surface area contributed by atoms with Gasteiger partial charge in [-0.3, -0.25) is 0 Å². The minimum atomic E-state index is 0.306. The van der Waals surface area contributed by atoms with E-state index in [1.807, 2.05) is 6.07 Å². The Morgan fingerprint density at radius 1 is 1.17 bits per heavy atom. The van der Waals surface area contributed by atoms with E-state index < -0.39 is 0 Å². The van der Waals surface area contributed by atoms with Gasteiger partial charge in [0.1, 0.15) is 5.82 Å². The van der Waals surface area contributed by atoms with Crippen LogP contribution in [0.3, 0.4) is 0 Å². The average Bonchev–Trinajstić information content (AvgIpc) is 2.66. The second-order valence-electron chi connectivity index (χ2n) is 4.77. The van der Waals surface area contributed by atoms with Crippen LogP contribution in [0.1, 0.15) is 32.6 Å². The highest BCUT2D eigenvalue weighted by atomic mass is 35.5. The van der Waals surface area contributed by atoms with Crippen LogP contribution >= 0.6 is 34.8 Å². The number of halogens is 3. The van der Waals surface area contributed by atoms with Crippen molar-refractivity contribution in [2.45, 2.75) is 32.7 Å². The molecule has 0 aliphatic carbocycles. The normalized spacial score (nSPS) is 13.5. The van der Waals surface area contributed by atoms with Gasteiger partial charge < -0.3 is 4.57 Å². The van der Waals surface area contributed by atoms with E-state index in [-0.39, 0.29) is 0 Å². The van der Waals surface area contributed by atoms with E-state index in [0.29, 0.717) is 27.9 Å². The van der Waals surface area contributed by atoms with Crippen molar-refractivity contribution >= 4 is 45.8 Å². The Labute approximate surface area is 122 Å². The molecule has 0 fully saturated rings. The molecule has 1 heterocycles. The van der Waals surface area contributed by atoms with Crippen molar-refractivity contribution in [3.63, 3.8) is 0 Å². The molecule has 1 unspecified atom stereocenters. The summed E-state index contributed by atoms with van der Waals surface area (Å²) in [6.45, 7) is 6.50. The summed E-state index contributed by atoms with van der Waals surface area (Å²) in [6, 6.07) is 3.96. The molecule has 1 atom stereocenters. The summed E-state index contributed by atoms with van der Waals surface area (Å²) >= 11 is 18.1. The maximum Gasteiger partial charge on any atom is 0.125 e. The summed E-state index contributed by atoms with van der Waals surface area (Å²) in [5, 5.41) is 1.06. The minimum absolute atomic E-state index is 0.306. The van der Waals surface area contributed by atoms with E-state index in [1.165, 1.54) is 0 Å². The van der Waals surface area contributed by atoms with Gasteiger partial charge in [-0.2, -0.15) is 0 Å². The number of hydrogen-bond donors (Lipinski definition) is 0. The number of fused-ring (bicyclic) bond motifs is 1. The first-order chi connectivity index (χ1) is 8.45. The third-order valence-electron chi connectivity index (χ3n) is 3.30. The number of benzene rings is 1. The van der Waals surface area contributed by atoms with Gasteiger partial charge in [0.2, 0.25) is 0 Å². The lowest BCUT2D eigenvalue weighted by molar-refractivity contribution is 0.409. The molecule has 0 amide bonds. The molecule has 0 radical (unpaired) electrons. The summed E-state index contributed by atoms with van der Waals surface area (Å²) in [7, 11) is 0. The summed E-state index contributed by atoms with van der Waals surface area (Å²) in [5.74, 6) is 1.71. The summed E-state index contributed by atoms with van der Waals surface area (Å²) in [6.07, 6.45) is 0. The van der Waals surface area contributed by atoms with Crippen molar-refractivity contribution < 1.29 is 0 Å². The van der Waals surface area contributed by atoms with Gasteiger partial charge >= 0.3 is 0 Å². The quantitative estimate of drug-likeness (QED) is 0.704. The highest BCUT2D eigenvalue weighted by molar-refractivity contribution is 6.42. The lowest BCUT2D eigenvalue weighted by atomic mass is 10.1. The van der Waals surface area contributed by atoms with Crippen LogP contribution in [0.2, 0.25) is 10.0 Å². The third kappa shape index (κ3) is 2.34. The Bertz CT molecular complexity index is 575. The largest absolute Gasteiger partial charge is 0.324 e. The van der Waals surface area contributed by atoms with E-state index in [4.69, 9.17) is 34.8 Å². The fraction of sp³-hybridized carbons (Fsp3) is 0.462. The molecule has 18 heavy (non-hydrogen) atoms. The minimum Gasteiger partial charge on any atom is -0.324 e. The van der Waals surface area contributed by atoms with Gasteiger partial charge in [0.25, 0.3) is 0 Å². The fourth-order valence-corrected chi connectivity index (χ4v) is 2.49. The zero-order valence-electron chi connectivity index (χ0n) is 10.5. The molecule has 1 aromatic heterocycles. The first-order valence-electron chi connectivity index (χ1n) is 5.87. The van der Waals surface area contributed by atoms with Crippen LogP contribution in [0, 0.1) is 5.92 Å². The molecule has 0 aliphatic rings. The van der Waals surface area contributed by atoms with Crippen LogP contribution in [0.5, 0.6) is 0 Å². The number of nitrogens with zero attached hydrogens (tertiary/aromatic N) is 2. The molecule has 2 rings (SSSR count). The Morgan fingerprint density at radius 2 is 1.78 bits per heavy atom. The van der Waals surface area contributed by atoms with Gasteiger partial charge in [-0.25, -0.2) is 4.98 Å². The van der Waals surface area contributed by atoms with E-state index in [0.717, 1.165) is 16.9 Å². The van der Waals surface area contributed by atoms with Crippen molar-refractivity contribution in [2.75, 3.05) is 0 Å². The zero-order valence-corrected chi connectivity index (χ0v) is 12.8. The molecular weight excluding hydrogens is 291 g/mol. The van der Waals surface area contributed by atoms with Crippen LogP contribution in [0.25, 0.3) is 11.0 Å². The summed E-state index contributed by atoms with van der Waals surface area (Å²) in [5.41, 5.74) is 1.83. The van der Waals surface area contributed by atoms with Crippen LogP contribution in [-0.2, 0) is 5.88 Å². The molecule has 1 aromatic carbocycles. The van der Waals surface area contributed by atoms with Gasteiger partial charge in [0.05, 0.1) is 27.0 Å². The second kappa shape index (κ2) is 5.28. The van der Waals surface area contributed by atoms with E-state index in [1.54, 1.807) is 6.07 Å². The Morgan fingerprint density at radius 3 is 2.33 bits per heavy atom. The maximum atomic E-state index is 6.09. The number of alkyl halides is 1. The van der Waals surface area contributed by atoms with Crippen molar-refractivity contribution in [3.05, 3.63) is 28.0 Å². The van der Waals surface area contributed by atoms with Crippen LogP contribution < -0.4 is 0 Å². The maximum absolute atomic E-state index is 6.09. The van der Waals surface area contributed by atoms with Crippen LogP contribution in [0.15, 0.2) is 12.1 Å². The van der Waals surface area contributed by atoms with E-state index in [9.17, 15) is 0 Å². The lowest BCUT2D eigenvalue weighted by Gasteiger charge is -2.20. The van der Waals surface area contributed by atoms with Gasteiger partial charge in [-0.1, -0.05) is 37.0 Å². The Kier molecular flexibility index (Phi) is 4.10. The number of aromatic nitrogens is 2. The molecule has 0 spiro atoms. The molecule has 0 saturated heterocycles. The lowest BCUT2D eigenvalue weighted by Crippen LogP contribution is -2.13. The monoisotopic (exact) mass is 304 g/mol. The van der Waals surface area contributed by atoms with Crippen molar-refractivity contribution in [3.8, 4) is 0 Å². The molecular formula is C13H15Cl3N2. The molecule has 2 aromatic rings. The van der Waals surface area contributed by atoms with Crippen molar-refractivity contribution in [2.24, 2.45) is 5.92 Å². The first kappa shape index (κ1) is 14.0. The molecule has 2 nitrogen and oxygen atoms in total. The molecule has 0 aliphatic heterocycles. The third-order valence-corrected chi connectivity index (χ3v) is 4.26. The molecule has 0 N–H and O–H groups in total. The number of hydrogen-bond acceptors (Lipinski definition) is 1. The van der Waals surface area contributed by atoms with Gasteiger partial charge in [-0.05, 0) is 25.0 Å². The summed E-state index contributed by atoms with van der Waals surface area (Å²) < 4.78 is 2.15. The predicted molar refractivity (Wildman–Crippen MR) is 78.9 cm³/mol. The van der Waals surface area contributed by atoms with Gasteiger partial charge in [0.15, 0.2) is 0 Å². The Hall–Kier alpha value is -0.440. The van der Waals surface area contributed by atoms with E-state index >= 15 is 0 Å². The predicted octanol–water partition coefficient (Wildman–Crippen LogP) is 5.30. The highest BCUT2D eigenvalue weighted by Gasteiger charge is 2.18. The van der Waals surface area contributed by atoms with E-state index in [2.05, 4.69) is 30.3 Å². The van der Waals surface area contributed by atoms with Crippen LogP contribution in [-0.4, -0.2) is 9.55 Å². The van der Waals surface area contributed by atoms with Crippen LogP contribution in [0.4, 0.5) is 0 Å².